The minimum Gasteiger partial charge on any atom is -0.394 e. The molecule has 7 heteroatoms. The van der Waals surface area contributed by atoms with E-state index >= 15 is 0 Å². The van der Waals surface area contributed by atoms with Crippen LogP contribution in [-0.4, -0.2) is 56.7 Å². The van der Waals surface area contributed by atoms with Crippen molar-refractivity contribution in [1.29, 1.82) is 0 Å². The van der Waals surface area contributed by atoms with Crippen molar-refractivity contribution in [2.75, 3.05) is 6.61 Å². The van der Waals surface area contributed by atoms with E-state index in [9.17, 15) is 24.8 Å². The Balaban J connectivity index is 1.48. The number of hydrogen-bond acceptors (Lipinski definition) is 6. The normalized spacial score (nSPS) is 33.5. The number of rotatable bonds is 5. The van der Waals surface area contributed by atoms with Crippen molar-refractivity contribution in [3.05, 3.63) is 70.5 Å². The summed E-state index contributed by atoms with van der Waals surface area (Å²) >= 11 is 1.91. The highest BCUT2D eigenvalue weighted by Crippen LogP contribution is 2.46. The Morgan fingerprint density at radius 1 is 0.968 bits per heavy atom. The molecule has 2 aromatic rings. The molecule has 2 aliphatic rings. The molecule has 0 saturated carbocycles. The fourth-order valence-corrected chi connectivity index (χ4v) is 6.09. The summed E-state index contributed by atoms with van der Waals surface area (Å²) in [5.74, 6) is -0.219. The predicted molar refractivity (Wildman–Crippen MR) is 117 cm³/mol. The largest absolute Gasteiger partial charge is 0.394 e. The van der Waals surface area contributed by atoms with Gasteiger partial charge in [-0.05, 0) is 60.6 Å². The lowest BCUT2D eigenvalue weighted by Crippen LogP contribution is -2.55. The van der Waals surface area contributed by atoms with Crippen LogP contribution in [0.4, 0.5) is 4.39 Å². The summed E-state index contributed by atoms with van der Waals surface area (Å²) in [7, 11) is 0. The topological polar surface area (TPSA) is 90.2 Å². The maximum atomic E-state index is 13.2. The lowest BCUT2D eigenvalue weighted by molar-refractivity contribution is -0.231. The van der Waals surface area contributed by atoms with Crippen LogP contribution < -0.4 is 0 Å². The summed E-state index contributed by atoms with van der Waals surface area (Å²) in [4.78, 5) is 0. The molecule has 2 fully saturated rings. The highest BCUT2D eigenvalue weighted by molar-refractivity contribution is 8.00. The van der Waals surface area contributed by atoms with Crippen LogP contribution in [0, 0.1) is 12.7 Å². The van der Waals surface area contributed by atoms with Gasteiger partial charge in [0.2, 0.25) is 0 Å². The average Bonchev–Trinajstić information content (AvgIpc) is 3.23. The van der Waals surface area contributed by atoms with Crippen LogP contribution in [0.2, 0.25) is 0 Å². The van der Waals surface area contributed by atoms with Gasteiger partial charge < -0.3 is 25.2 Å². The third-order valence-corrected chi connectivity index (χ3v) is 8.01. The van der Waals surface area contributed by atoms with Crippen LogP contribution >= 0.6 is 11.8 Å². The third kappa shape index (κ3) is 4.82. The molecule has 4 N–H and O–H groups in total. The second-order valence-corrected chi connectivity index (χ2v) is 10.0. The fourth-order valence-electron chi connectivity index (χ4n) is 4.49. The maximum Gasteiger partial charge on any atom is 0.123 e. The standard InChI is InChI=1S/C24H29FO5S/c1-13-2-3-15(24-23(29)22(28)21(27)19(12-26)30-24)10-16(13)11-18-8-9-20(31-18)14-4-6-17(25)7-5-14/h2-7,10,18-24,26-29H,8-9,11-12H2,1H3/t18?,19-,20?,21-,22-,23-,24+/m1/s1. The first-order chi connectivity index (χ1) is 14.9. The Hall–Kier alpha value is -1.48. The van der Waals surface area contributed by atoms with Crippen molar-refractivity contribution in [2.45, 2.75) is 67.2 Å². The molecule has 2 heterocycles. The number of halogens is 1. The lowest BCUT2D eigenvalue weighted by Gasteiger charge is -2.40. The first-order valence-electron chi connectivity index (χ1n) is 10.7. The van der Waals surface area contributed by atoms with Gasteiger partial charge in [0.05, 0.1) is 6.61 Å². The highest BCUT2D eigenvalue weighted by Gasteiger charge is 2.44. The molecule has 4 rings (SSSR count). The van der Waals surface area contributed by atoms with Gasteiger partial charge >= 0.3 is 0 Å². The summed E-state index contributed by atoms with van der Waals surface area (Å²) in [6, 6.07) is 12.6. The molecular weight excluding hydrogens is 419 g/mol. The first-order valence-corrected chi connectivity index (χ1v) is 11.6. The van der Waals surface area contributed by atoms with Crippen LogP contribution in [0.3, 0.4) is 0 Å². The Morgan fingerprint density at radius 2 is 1.68 bits per heavy atom. The van der Waals surface area contributed by atoms with E-state index in [1.54, 1.807) is 0 Å². The van der Waals surface area contributed by atoms with Crippen LogP contribution in [0.15, 0.2) is 42.5 Å². The van der Waals surface area contributed by atoms with E-state index in [2.05, 4.69) is 0 Å². The van der Waals surface area contributed by atoms with E-state index in [0.717, 1.165) is 41.5 Å². The number of aryl methyl sites for hydroxylation is 1. The third-order valence-electron chi connectivity index (χ3n) is 6.39. The van der Waals surface area contributed by atoms with Crippen molar-refractivity contribution >= 4 is 11.8 Å². The molecule has 2 saturated heterocycles. The quantitative estimate of drug-likeness (QED) is 0.563. The number of benzene rings is 2. The zero-order valence-electron chi connectivity index (χ0n) is 17.4. The van der Waals surface area contributed by atoms with Crippen LogP contribution in [-0.2, 0) is 11.2 Å². The van der Waals surface area contributed by atoms with E-state index < -0.39 is 37.1 Å². The lowest BCUT2D eigenvalue weighted by atomic mass is 9.89. The molecule has 0 bridgehead atoms. The molecule has 0 aliphatic carbocycles. The zero-order valence-corrected chi connectivity index (χ0v) is 18.2. The first kappa shape index (κ1) is 22.7. The molecule has 0 spiro atoms. The summed E-state index contributed by atoms with van der Waals surface area (Å²) in [6.45, 7) is 1.60. The Labute approximate surface area is 185 Å². The maximum absolute atomic E-state index is 13.2. The van der Waals surface area contributed by atoms with E-state index in [4.69, 9.17) is 4.74 Å². The van der Waals surface area contributed by atoms with Gasteiger partial charge in [-0.1, -0.05) is 30.3 Å². The second kappa shape index (κ2) is 9.57. The minimum atomic E-state index is -1.39. The van der Waals surface area contributed by atoms with Gasteiger partial charge in [0.15, 0.2) is 0 Å². The molecule has 0 aromatic heterocycles. The van der Waals surface area contributed by atoms with E-state index in [1.165, 1.54) is 12.1 Å². The van der Waals surface area contributed by atoms with Gasteiger partial charge in [0.1, 0.15) is 36.3 Å². The number of aliphatic hydroxyl groups is 4. The van der Waals surface area contributed by atoms with Crippen LogP contribution in [0.5, 0.6) is 0 Å². The smallest absolute Gasteiger partial charge is 0.123 e. The molecule has 0 radical (unpaired) electrons. The molecule has 2 aliphatic heterocycles. The number of ether oxygens (including phenoxy) is 1. The summed E-state index contributed by atoms with van der Waals surface area (Å²) < 4.78 is 18.9. The van der Waals surface area contributed by atoms with Gasteiger partial charge in [-0.3, -0.25) is 0 Å². The number of thioether (sulfide) groups is 1. The molecule has 7 atom stereocenters. The van der Waals surface area contributed by atoms with Crippen LogP contribution in [0.1, 0.15) is 46.4 Å². The van der Waals surface area contributed by atoms with Crippen molar-refractivity contribution in [3.8, 4) is 0 Å². The van der Waals surface area contributed by atoms with Crippen molar-refractivity contribution in [2.24, 2.45) is 0 Å². The molecule has 168 valence electrons. The van der Waals surface area contributed by atoms with Crippen molar-refractivity contribution < 1.29 is 29.6 Å². The summed E-state index contributed by atoms with van der Waals surface area (Å²) in [5.41, 5.74) is 4.15. The SMILES string of the molecule is Cc1ccc([C@@H]2O[C@H](CO)[C@@H](O)[C@@H](O)[C@H]2O)cc1CC1CCC(c2ccc(F)cc2)S1. The summed E-state index contributed by atoms with van der Waals surface area (Å²) in [6.07, 6.45) is -2.80. The van der Waals surface area contributed by atoms with E-state index in [1.807, 2.05) is 49.0 Å². The van der Waals surface area contributed by atoms with Crippen molar-refractivity contribution in [3.63, 3.8) is 0 Å². The molecule has 0 amide bonds. The van der Waals surface area contributed by atoms with Gasteiger partial charge in [-0.25, -0.2) is 4.39 Å². The Morgan fingerprint density at radius 3 is 2.39 bits per heavy atom. The van der Waals surface area contributed by atoms with E-state index in [0.29, 0.717) is 10.5 Å². The number of hydrogen-bond donors (Lipinski definition) is 4. The minimum absolute atomic E-state index is 0.219. The molecule has 5 nitrogen and oxygen atoms in total. The monoisotopic (exact) mass is 448 g/mol. The molecule has 31 heavy (non-hydrogen) atoms. The molecular formula is C24H29FO5S. The predicted octanol–water partition coefficient (Wildman–Crippen LogP) is 2.83. The van der Waals surface area contributed by atoms with Crippen LogP contribution in [0.25, 0.3) is 0 Å². The van der Waals surface area contributed by atoms with Crippen molar-refractivity contribution in [1.82, 2.24) is 0 Å². The van der Waals surface area contributed by atoms with Gasteiger partial charge in [0.25, 0.3) is 0 Å². The highest BCUT2D eigenvalue weighted by atomic mass is 32.2. The Bertz CT molecular complexity index is 890. The zero-order chi connectivity index (χ0) is 22.1. The molecule has 2 unspecified atom stereocenters. The Kier molecular flexibility index (Phi) is 7.01. The fraction of sp³-hybridized carbons (Fsp3) is 0.500. The second-order valence-electron chi connectivity index (χ2n) is 8.52. The molecule has 2 aromatic carbocycles. The average molecular weight is 449 g/mol. The summed E-state index contributed by atoms with van der Waals surface area (Å²) in [5, 5.41) is 40.8. The number of aliphatic hydroxyl groups excluding tert-OH is 4. The van der Waals surface area contributed by atoms with E-state index in [-0.39, 0.29) is 5.82 Å². The van der Waals surface area contributed by atoms with Gasteiger partial charge in [-0.2, -0.15) is 11.8 Å². The van der Waals surface area contributed by atoms with Gasteiger partial charge in [-0.15, -0.1) is 0 Å². The van der Waals surface area contributed by atoms with Gasteiger partial charge in [0, 0.05) is 10.5 Å².